The van der Waals surface area contributed by atoms with Crippen LogP contribution in [0.5, 0.6) is 0 Å². The Hall–Kier alpha value is -0.357. The topological polar surface area (TPSA) is 0 Å². The molecule has 2 aromatic carbocycles. The summed E-state index contributed by atoms with van der Waals surface area (Å²) in [6.07, 6.45) is 11.8. The van der Waals surface area contributed by atoms with Crippen molar-refractivity contribution in [2.24, 2.45) is 11.8 Å². The average Bonchev–Trinajstić information content (AvgIpc) is 3.03. The first-order valence-electron chi connectivity index (χ1n) is 7.15. The van der Waals surface area contributed by atoms with Crippen molar-refractivity contribution < 1.29 is 51.0 Å². The van der Waals surface area contributed by atoms with Crippen LogP contribution in [0.1, 0.15) is 19.8 Å². The zero-order valence-electron chi connectivity index (χ0n) is 12.7. The molecule has 4 rings (SSSR count). The molecule has 0 N–H and O–H groups in total. The number of halogens is 2. The van der Waals surface area contributed by atoms with Gasteiger partial charge in [-0.1, -0.05) is 25.3 Å². The summed E-state index contributed by atoms with van der Waals surface area (Å²) in [6.45, 7) is 2.30. The first-order valence-corrected chi connectivity index (χ1v) is 7.15. The van der Waals surface area contributed by atoms with Crippen molar-refractivity contribution in [1.82, 2.24) is 0 Å². The second-order valence-electron chi connectivity index (χ2n) is 5.56. The SMILES string of the molecule is CC1[CH-]C2=CC=CCC2C1.[Cl-].[Cl-].[Zr+4].c1ccc2[cH-]ccc2c1. The van der Waals surface area contributed by atoms with E-state index in [1.165, 1.54) is 23.6 Å². The van der Waals surface area contributed by atoms with Crippen molar-refractivity contribution in [3.8, 4) is 0 Å². The van der Waals surface area contributed by atoms with Crippen LogP contribution in [0.25, 0.3) is 10.8 Å². The Morgan fingerprint density at radius 3 is 2.59 bits per heavy atom. The van der Waals surface area contributed by atoms with Crippen molar-refractivity contribution in [3.05, 3.63) is 72.7 Å². The van der Waals surface area contributed by atoms with E-state index in [1.807, 2.05) is 0 Å². The zero-order valence-corrected chi connectivity index (χ0v) is 16.6. The molecule has 0 amide bonds. The van der Waals surface area contributed by atoms with Gasteiger partial charge in [0.15, 0.2) is 0 Å². The summed E-state index contributed by atoms with van der Waals surface area (Å²) >= 11 is 0. The summed E-state index contributed by atoms with van der Waals surface area (Å²) in [5, 5.41) is 2.66. The summed E-state index contributed by atoms with van der Waals surface area (Å²) in [5.74, 6) is 1.68. The fourth-order valence-electron chi connectivity index (χ4n) is 3.03. The number of benzene rings is 1. The van der Waals surface area contributed by atoms with E-state index < -0.39 is 0 Å². The van der Waals surface area contributed by atoms with Crippen molar-refractivity contribution in [3.63, 3.8) is 0 Å². The number of rotatable bonds is 0. The molecule has 0 aliphatic heterocycles. The summed E-state index contributed by atoms with van der Waals surface area (Å²) in [6, 6.07) is 14.7. The van der Waals surface area contributed by atoms with Crippen molar-refractivity contribution in [2.45, 2.75) is 19.8 Å². The van der Waals surface area contributed by atoms with Gasteiger partial charge in [-0.25, -0.2) is 18.1 Å². The molecule has 0 heterocycles. The molecule has 1 saturated carbocycles. The minimum absolute atomic E-state index is 0. The normalized spacial score (nSPS) is 20.9. The van der Waals surface area contributed by atoms with Gasteiger partial charge < -0.3 is 24.8 Å². The molecule has 1 fully saturated rings. The van der Waals surface area contributed by atoms with E-state index in [0.717, 1.165) is 11.8 Å². The molecule has 0 spiro atoms. The van der Waals surface area contributed by atoms with Crippen LogP contribution >= 0.6 is 0 Å². The van der Waals surface area contributed by atoms with E-state index in [9.17, 15) is 0 Å². The number of hydrogen-bond acceptors (Lipinski definition) is 0. The smallest absolute Gasteiger partial charge is 1.00 e. The summed E-state index contributed by atoms with van der Waals surface area (Å²) < 4.78 is 0. The molecule has 2 unspecified atom stereocenters. The molecule has 2 aromatic rings. The van der Waals surface area contributed by atoms with Gasteiger partial charge in [0.1, 0.15) is 0 Å². The van der Waals surface area contributed by atoms with Gasteiger partial charge in [-0.2, -0.15) is 17.5 Å². The third-order valence-electron chi connectivity index (χ3n) is 4.00. The van der Waals surface area contributed by atoms with Gasteiger partial charge in [0.05, 0.1) is 0 Å². The second-order valence-corrected chi connectivity index (χ2v) is 5.56. The largest absolute Gasteiger partial charge is 4.00 e. The van der Waals surface area contributed by atoms with Crippen LogP contribution in [0, 0.1) is 18.3 Å². The molecule has 0 radical (unpaired) electrons. The number of allylic oxidation sites excluding steroid dienone is 4. The number of hydrogen-bond donors (Lipinski definition) is 0. The third-order valence-corrected chi connectivity index (χ3v) is 4.00. The molecule has 3 heteroatoms. The van der Waals surface area contributed by atoms with E-state index in [0.29, 0.717) is 0 Å². The predicted molar refractivity (Wildman–Crippen MR) is 83.0 cm³/mol. The Balaban J connectivity index is 0.000000354. The second kappa shape index (κ2) is 10.4. The van der Waals surface area contributed by atoms with Gasteiger partial charge in [-0.3, -0.25) is 0 Å². The van der Waals surface area contributed by atoms with E-state index in [-0.39, 0.29) is 51.0 Å². The molecular formula is C19H20Cl2Zr. The first-order chi connectivity index (χ1) is 9.33. The van der Waals surface area contributed by atoms with Crippen molar-refractivity contribution in [2.75, 3.05) is 0 Å². The van der Waals surface area contributed by atoms with Crippen LogP contribution in [0.2, 0.25) is 0 Å². The fourth-order valence-corrected chi connectivity index (χ4v) is 3.03. The van der Waals surface area contributed by atoms with Gasteiger partial charge in [0, 0.05) is 0 Å². The maximum atomic E-state index is 2.41. The van der Waals surface area contributed by atoms with Crippen LogP contribution in [0.4, 0.5) is 0 Å². The summed E-state index contributed by atoms with van der Waals surface area (Å²) in [5.41, 5.74) is 1.58. The summed E-state index contributed by atoms with van der Waals surface area (Å²) in [4.78, 5) is 0. The molecular weight excluding hydrogens is 390 g/mol. The third kappa shape index (κ3) is 5.37. The predicted octanol–water partition coefficient (Wildman–Crippen LogP) is -0.703. The molecule has 0 aromatic heterocycles. The van der Waals surface area contributed by atoms with Gasteiger partial charge in [-0.05, 0) is 12.3 Å². The molecule has 0 bridgehead atoms. The molecule has 22 heavy (non-hydrogen) atoms. The first kappa shape index (κ1) is 21.6. The average molecular weight is 410 g/mol. The summed E-state index contributed by atoms with van der Waals surface area (Å²) in [7, 11) is 0. The molecule has 2 aliphatic carbocycles. The minimum atomic E-state index is 0. The van der Waals surface area contributed by atoms with Crippen LogP contribution in [0.3, 0.4) is 0 Å². The minimum Gasteiger partial charge on any atom is -1.00 e. The van der Waals surface area contributed by atoms with Gasteiger partial charge in [0.2, 0.25) is 0 Å². The number of fused-ring (bicyclic) bond motifs is 2. The van der Waals surface area contributed by atoms with Gasteiger partial charge in [-0.15, -0.1) is 41.8 Å². The Morgan fingerprint density at radius 1 is 1.09 bits per heavy atom. The van der Waals surface area contributed by atoms with Crippen molar-refractivity contribution in [1.29, 1.82) is 0 Å². The van der Waals surface area contributed by atoms with E-state index in [2.05, 4.69) is 74.0 Å². The Labute approximate surface area is 165 Å². The molecule has 0 nitrogen and oxygen atoms in total. The van der Waals surface area contributed by atoms with Gasteiger partial charge >= 0.3 is 26.2 Å². The Morgan fingerprint density at radius 2 is 1.86 bits per heavy atom. The molecule has 114 valence electrons. The zero-order chi connectivity index (χ0) is 13.1. The standard InChI is InChI=1S/C10H13.C9H7.2ClH.Zr/c1-8-6-9-4-2-3-5-10(9)7-8;1-2-5-9-7-3-6-8(9)4-1;;;/h2-4,6,8,10H,5,7H2,1H3;1-7H;2*1H;/q2*-1;;;+4/p-2. The van der Waals surface area contributed by atoms with Crippen LogP contribution in [0.15, 0.2) is 66.3 Å². The van der Waals surface area contributed by atoms with Crippen LogP contribution in [-0.4, -0.2) is 0 Å². The Kier molecular flexibility index (Phi) is 10.3. The van der Waals surface area contributed by atoms with Crippen LogP contribution in [-0.2, 0) is 26.2 Å². The van der Waals surface area contributed by atoms with Crippen molar-refractivity contribution >= 4 is 10.8 Å². The van der Waals surface area contributed by atoms with E-state index in [1.54, 1.807) is 5.57 Å². The molecule has 0 saturated heterocycles. The monoisotopic (exact) mass is 408 g/mol. The fraction of sp³-hybridized carbons (Fsp3) is 0.263. The van der Waals surface area contributed by atoms with Crippen LogP contribution < -0.4 is 24.8 Å². The van der Waals surface area contributed by atoms with E-state index in [4.69, 9.17) is 0 Å². The maximum absolute atomic E-state index is 2.41. The Bertz CT molecular complexity index is 582. The quantitative estimate of drug-likeness (QED) is 0.504. The maximum Gasteiger partial charge on any atom is 4.00 e. The molecule has 2 aliphatic rings. The molecule has 2 atom stereocenters. The van der Waals surface area contributed by atoms with E-state index >= 15 is 0 Å². The van der Waals surface area contributed by atoms with Gasteiger partial charge in [0.25, 0.3) is 0 Å².